The molecule has 1 heterocycles. The van der Waals surface area contributed by atoms with Crippen LogP contribution in [-0.2, 0) is 12.8 Å². The molecule has 3 rings (SSSR count). The van der Waals surface area contributed by atoms with Crippen LogP contribution in [0.2, 0.25) is 0 Å². The van der Waals surface area contributed by atoms with Crippen molar-refractivity contribution in [2.75, 3.05) is 6.54 Å². The maximum absolute atomic E-state index is 5.46. The maximum Gasteiger partial charge on any atom is 0.134 e. The summed E-state index contributed by atoms with van der Waals surface area (Å²) in [5.74, 6) is 0. The van der Waals surface area contributed by atoms with E-state index in [1.807, 2.05) is 0 Å². The number of benzene rings is 1. The van der Waals surface area contributed by atoms with Crippen LogP contribution in [0.1, 0.15) is 30.9 Å². The first-order chi connectivity index (χ1) is 8.36. The lowest BCUT2D eigenvalue weighted by Gasteiger charge is -2.25. The van der Waals surface area contributed by atoms with E-state index in [1.54, 1.807) is 6.26 Å². The molecule has 1 unspecified atom stereocenters. The van der Waals surface area contributed by atoms with Crippen LogP contribution in [0.25, 0.3) is 11.0 Å². The van der Waals surface area contributed by atoms with E-state index in [-0.39, 0.29) is 0 Å². The first-order valence-electron chi connectivity index (χ1n) is 6.59. The average Bonchev–Trinajstić information content (AvgIpc) is 2.80. The molecule has 0 amide bonds. The number of hydrogen-bond donors (Lipinski definition) is 1. The van der Waals surface area contributed by atoms with E-state index in [4.69, 9.17) is 4.42 Å². The molecule has 1 aromatic heterocycles. The van der Waals surface area contributed by atoms with Crippen molar-refractivity contribution in [2.24, 2.45) is 0 Å². The Bertz CT molecular complexity index is 515. The highest BCUT2D eigenvalue weighted by atomic mass is 16.3. The molecule has 90 valence electrons. The van der Waals surface area contributed by atoms with Gasteiger partial charge in [0.05, 0.1) is 6.26 Å². The van der Waals surface area contributed by atoms with Gasteiger partial charge in [0.2, 0.25) is 0 Å². The van der Waals surface area contributed by atoms with Crippen molar-refractivity contribution in [3.63, 3.8) is 0 Å². The summed E-state index contributed by atoms with van der Waals surface area (Å²) in [6, 6.07) is 7.24. The lowest BCUT2D eigenvalue weighted by Crippen LogP contribution is -2.34. The highest BCUT2D eigenvalue weighted by molar-refractivity contribution is 5.79. The Morgan fingerprint density at radius 3 is 3.18 bits per heavy atom. The minimum absolute atomic E-state index is 0.659. The van der Waals surface area contributed by atoms with Crippen molar-refractivity contribution in [2.45, 2.75) is 38.6 Å². The average molecular weight is 229 g/mol. The molecule has 1 aliphatic rings. The topological polar surface area (TPSA) is 25.2 Å². The van der Waals surface area contributed by atoms with Crippen LogP contribution >= 0.6 is 0 Å². The van der Waals surface area contributed by atoms with Crippen LogP contribution in [0.15, 0.2) is 28.9 Å². The van der Waals surface area contributed by atoms with Gasteiger partial charge in [-0.1, -0.05) is 6.92 Å². The summed E-state index contributed by atoms with van der Waals surface area (Å²) in [4.78, 5) is 0. The number of aryl methyl sites for hydroxylation is 1. The molecule has 0 aliphatic heterocycles. The highest BCUT2D eigenvalue weighted by Gasteiger charge is 2.18. The summed E-state index contributed by atoms with van der Waals surface area (Å²) in [5, 5.41) is 4.87. The fourth-order valence-electron chi connectivity index (χ4n) is 2.74. The Kier molecular flexibility index (Phi) is 2.89. The molecule has 0 fully saturated rings. The molecule has 2 heteroatoms. The van der Waals surface area contributed by atoms with E-state index in [1.165, 1.54) is 35.8 Å². The SMILES string of the molecule is CCCNC1CCc2cc3occc3cc2C1. The number of fused-ring (bicyclic) bond motifs is 2. The molecule has 1 atom stereocenters. The van der Waals surface area contributed by atoms with Gasteiger partial charge in [0.25, 0.3) is 0 Å². The summed E-state index contributed by atoms with van der Waals surface area (Å²) in [6.07, 6.45) is 6.58. The summed E-state index contributed by atoms with van der Waals surface area (Å²) in [5.41, 5.74) is 4.00. The molecule has 0 saturated carbocycles. The third-order valence-electron chi connectivity index (χ3n) is 3.69. The molecule has 0 spiro atoms. The molecule has 2 nitrogen and oxygen atoms in total. The van der Waals surface area contributed by atoms with Crippen LogP contribution in [0.4, 0.5) is 0 Å². The summed E-state index contributed by atoms with van der Waals surface area (Å²) in [7, 11) is 0. The zero-order chi connectivity index (χ0) is 11.7. The van der Waals surface area contributed by atoms with Gasteiger partial charge in [-0.3, -0.25) is 0 Å². The smallest absolute Gasteiger partial charge is 0.134 e. The Morgan fingerprint density at radius 1 is 1.35 bits per heavy atom. The van der Waals surface area contributed by atoms with Gasteiger partial charge in [-0.2, -0.15) is 0 Å². The fraction of sp³-hybridized carbons (Fsp3) is 0.467. The second-order valence-electron chi connectivity index (χ2n) is 4.97. The standard InChI is InChI=1S/C15H19NO/c1-2-6-16-14-4-3-11-10-15-12(5-7-17-15)8-13(11)9-14/h5,7-8,10,14,16H,2-4,6,9H2,1H3. The van der Waals surface area contributed by atoms with Crippen molar-refractivity contribution in [3.8, 4) is 0 Å². The van der Waals surface area contributed by atoms with Crippen LogP contribution in [-0.4, -0.2) is 12.6 Å². The van der Waals surface area contributed by atoms with Crippen LogP contribution < -0.4 is 5.32 Å². The third kappa shape index (κ3) is 2.09. The predicted molar refractivity (Wildman–Crippen MR) is 70.3 cm³/mol. The summed E-state index contributed by atoms with van der Waals surface area (Å²) < 4.78 is 5.46. The number of furan rings is 1. The van der Waals surface area contributed by atoms with Gasteiger partial charge in [-0.15, -0.1) is 0 Å². The second-order valence-corrected chi connectivity index (χ2v) is 4.97. The first-order valence-corrected chi connectivity index (χ1v) is 6.59. The lowest BCUT2D eigenvalue weighted by molar-refractivity contribution is 0.459. The molecular weight excluding hydrogens is 210 g/mol. The van der Waals surface area contributed by atoms with E-state index in [2.05, 4.69) is 30.4 Å². The van der Waals surface area contributed by atoms with E-state index in [0.29, 0.717) is 6.04 Å². The first kappa shape index (κ1) is 10.8. The normalized spacial score (nSPS) is 19.5. The van der Waals surface area contributed by atoms with Crippen molar-refractivity contribution in [1.29, 1.82) is 0 Å². The Hall–Kier alpha value is -1.28. The van der Waals surface area contributed by atoms with Crippen LogP contribution in [0, 0.1) is 0 Å². The van der Waals surface area contributed by atoms with Crippen LogP contribution in [0.3, 0.4) is 0 Å². The monoisotopic (exact) mass is 229 g/mol. The Balaban J connectivity index is 1.85. The van der Waals surface area contributed by atoms with Crippen LogP contribution in [0.5, 0.6) is 0 Å². The Morgan fingerprint density at radius 2 is 2.29 bits per heavy atom. The summed E-state index contributed by atoms with van der Waals surface area (Å²) in [6.45, 7) is 3.35. The number of nitrogens with one attached hydrogen (secondary N) is 1. The minimum atomic E-state index is 0.659. The van der Waals surface area contributed by atoms with Gasteiger partial charge in [0.1, 0.15) is 5.58 Å². The molecule has 1 aromatic carbocycles. The zero-order valence-electron chi connectivity index (χ0n) is 10.3. The fourth-order valence-corrected chi connectivity index (χ4v) is 2.74. The third-order valence-corrected chi connectivity index (χ3v) is 3.69. The molecule has 0 radical (unpaired) electrons. The van der Waals surface area contributed by atoms with E-state index < -0.39 is 0 Å². The quantitative estimate of drug-likeness (QED) is 0.873. The van der Waals surface area contributed by atoms with Crippen molar-refractivity contribution >= 4 is 11.0 Å². The largest absolute Gasteiger partial charge is 0.464 e. The van der Waals surface area contributed by atoms with Crippen molar-refractivity contribution in [1.82, 2.24) is 5.32 Å². The van der Waals surface area contributed by atoms with Gasteiger partial charge in [0.15, 0.2) is 0 Å². The molecule has 1 N–H and O–H groups in total. The molecular formula is C15H19NO. The summed E-state index contributed by atoms with van der Waals surface area (Å²) >= 11 is 0. The van der Waals surface area contributed by atoms with E-state index in [9.17, 15) is 0 Å². The van der Waals surface area contributed by atoms with Crippen molar-refractivity contribution < 1.29 is 4.42 Å². The predicted octanol–water partition coefficient (Wildman–Crippen LogP) is 3.29. The van der Waals surface area contributed by atoms with Gasteiger partial charge < -0.3 is 9.73 Å². The molecule has 0 bridgehead atoms. The minimum Gasteiger partial charge on any atom is -0.464 e. The number of hydrogen-bond acceptors (Lipinski definition) is 2. The van der Waals surface area contributed by atoms with Crippen molar-refractivity contribution in [3.05, 3.63) is 35.6 Å². The highest BCUT2D eigenvalue weighted by Crippen LogP contribution is 2.27. The van der Waals surface area contributed by atoms with E-state index >= 15 is 0 Å². The van der Waals surface area contributed by atoms with Gasteiger partial charge >= 0.3 is 0 Å². The van der Waals surface area contributed by atoms with Gasteiger partial charge in [-0.05, 0) is 61.6 Å². The Labute approximate surface area is 102 Å². The molecule has 2 aromatic rings. The van der Waals surface area contributed by atoms with E-state index in [0.717, 1.165) is 18.5 Å². The number of rotatable bonds is 3. The lowest BCUT2D eigenvalue weighted by atomic mass is 9.87. The molecule has 17 heavy (non-hydrogen) atoms. The molecule has 0 saturated heterocycles. The van der Waals surface area contributed by atoms with Gasteiger partial charge in [0, 0.05) is 11.4 Å². The second kappa shape index (κ2) is 4.53. The molecule has 1 aliphatic carbocycles. The maximum atomic E-state index is 5.46. The zero-order valence-corrected chi connectivity index (χ0v) is 10.3. The van der Waals surface area contributed by atoms with Gasteiger partial charge in [-0.25, -0.2) is 0 Å².